The van der Waals surface area contributed by atoms with Gasteiger partial charge >= 0.3 is 0 Å². The van der Waals surface area contributed by atoms with Crippen molar-refractivity contribution in [3.05, 3.63) is 194 Å². The lowest BCUT2D eigenvalue weighted by Gasteiger charge is -2.16. The maximum atomic E-state index is 5.35. The van der Waals surface area contributed by atoms with Crippen LogP contribution in [0.1, 0.15) is 0 Å². The smallest absolute Gasteiger partial charge is 0.164 e. The average molecular weight is 689 g/mol. The SMILES string of the molecule is c1ccc(-c2cc(-c3ccc4ccccc4c3)c3c(cc(-c4ccc(-c5nc(-c6ccccc6)nc(-c6ccccc6)n5)cc4)c4ccccc43)n2)cc1. The molecule has 4 nitrogen and oxygen atoms in total. The predicted molar refractivity (Wildman–Crippen MR) is 223 cm³/mol. The van der Waals surface area contributed by atoms with E-state index in [0.29, 0.717) is 17.5 Å². The third-order valence-corrected chi connectivity index (χ3v) is 10.1. The number of hydrogen-bond acceptors (Lipinski definition) is 4. The van der Waals surface area contributed by atoms with Gasteiger partial charge in [-0.1, -0.05) is 176 Å². The molecule has 2 aromatic heterocycles. The van der Waals surface area contributed by atoms with Gasteiger partial charge in [-0.15, -0.1) is 0 Å². The molecule has 0 aliphatic heterocycles. The lowest BCUT2D eigenvalue weighted by Crippen LogP contribution is -2.00. The van der Waals surface area contributed by atoms with Gasteiger partial charge in [0, 0.05) is 27.6 Å². The third-order valence-electron chi connectivity index (χ3n) is 10.1. The molecule has 2 heterocycles. The van der Waals surface area contributed by atoms with Crippen LogP contribution < -0.4 is 0 Å². The molecule has 0 aliphatic carbocycles. The van der Waals surface area contributed by atoms with Gasteiger partial charge in [0.1, 0.15) is 0 Å². The number of nitrogens with zero attached hydrogens (tertiary/aromatic N) is 4. The van der Waals surface area contributed by atoms with Gasteiger partial charge in [0.15, 0.2) is 17.5 Å². The quantitative estimate of drug-likeness (QED) is 0.163. The molecule has 10 aromatic rings. The summed E-state index contributed by atoms with van der Waals surface area (Å²) < 4.78 is 0. The van der Waals surface area contributed by atoms with Crippen molar-refractivity contribution < 1.29 is 0 Å². The highest BCUT2D eigenvalue weighted by Gasteiger charge is 2.17. The minimum absolute atomic E-state index is 0.631. The largest absolute Gasteiger partial charge is 0.248 e. The highest BCUT2D eigenvalue weighted by molar-refractivity contribution is 6.18. The van der Waals surface area contributed by atoms with Crippen molar-refractivity contribution in [3.8, 4) is 67.7 Å². The van der Waals surface area contributed by atoms with Gasteiger partial charge in [0.05, 0.1) is 11.2 Å². The fourth-order valence-electron chi connectivity index (χ4n) is 7.42. The van der Waals surface area contributed by atoms with Gasteiger partial charge in [-0.05, 0) is 62.0 Å². The van der Waals surface area contributed by atoms with Crippen molar-refractivity contribution in [2.24, 2.45) is 0 Å². The zero-order valence-electron chi connectivity index (χ0n) is 29.3. The van der Waals surface area contributed by atoms with Crippen LogP contribution in [-0.2, 0) is 0 Å². The maximum Gasteiger partial charge on any atom is 0.164 e. The Morgan fingerprint density at radius 1 is 0.278 bits per heavy atom. The van der Waals surface area contributed by atoms with Gasteiger partial charge in [-0.2, -0.15) is 0 Å². The van der Waals surface area contributed by atoms with Crippen molar-refractivity contribution in [2.75, 3.05) is 0 Å². The second-order valence-corrected chi connectivity index (χ2v) is 13.5. The fraction of sp³-hybridized carbons (Fsp3) is 0. The Kier molecular flexibility index (Phi) is 7.77. The van der Waals surface area contributed by atoms with Gasteiger partial charge in [0.25, 0.3) is 0 Å². The average Bonchev–Trinajstić information content (AvgIpc) is 3.26. The summed E-state index contributed by atoms with van der Waals surface area (Å²) in [5.41, 5.74) is 10.4. The number of benzene rings is 8. The summed E-state index contributed by atoms with van der Waals surface area (Å²) in [7, 11) is 0. The summed E-state index contributed by atoms with van der Waals surface area (Å²) in [6, 6.07) is 67.7. The fourth-order valence-corrected chi connectivity index (χ4v) is 7.42. The zero-order chi connectivity index (χ0) is 35.8. The normalized spacial score (nSPS) is 11.3. The Labute approximate surface area is 313 Å². The van der Waals surface area contributed by atoms with Crippen LogP contribution in [0.4, 0.5) is 0 Å². The molecule has 252 valence electrons. The molecule has 10 rings (SSSR count). The van der Waals surface area contributed by atoms with Crippen molar-refractivity contribution >= 4 is 32.4 Å². The molecule has 0 saturated carbocycles. The van der Waals surface area contributed by atoms with Crippen LogP contribution in [0.2, 0.25) is 0 Å². The number of rotatable bonds is 6. The summed E-state index contributed by atoms with van der Waals surface area (Å²) in [4.78, 5) is 20.1. The minimum Gasteiger partial charge on any atom is -0.248 e. The van der Waals surface area contributed by atoms with Crippen molar-refractivity contribution in [2.45, 2.75) is 0 Å². The third kappa shape index (κ3) is 5.76. The number of fused-ring (bicyclic) bond motifs is 4. The molecule has 54 heavy (non-hydrogen) atoms. The van der Waals surface area contributed by atoms with Crippen LogP contribution in [0.15, 0.2) is 194 Å². The van der Waals surface area contributed by atoms with E-state index in [1.165, 1.54) is 32.7 Å². The molecule has 0 bridgehead atoms. The van der Waals surface area contributed by atoms with Gasteiger partial charge in [0.2, 0.25) is 0 Å². The van der Waals surface area contributed by atoms with E-state index >= 15 is 0 Å². The summed E-state index contributed by atoms with van der Waals surface area (Å²) in [5, 5.41) is 5.93. The molecule has 4 heteroatoms. The van der Waals surface area contributed by atoms with Crippen LogP contribution in [0.5, 0.6) is 0 Å². The molecule has 0 saturated heterocycles. The Morgan fingerprint density at radius 2 is 0.759 bits per heavy atom. The molecular weight excluding hydrogens is 657 g/mol. The van der Waals surface area contributed by atoms with Crippen LogP contribution in [0.25, 0.3) is 100 Å². The lowest BCUT2D eigenvalue weighted by molar-refractivity contribution is 1.07. The second kappa shape index (κ2) is 13.4. The highest BCUT2D eigenvalue weighted by Crippen LogP contribution is 2.41. The van der Waals surface area contributed by atoms with Gasteiger partial charge in [-0.25, -0.2) is 19.9 Å². The zero-order valence-corrected chi connectivity index (χ0v) is 29.3. The van der Waals surface area contributed by atoms with E-state index in [9.17, 15) is 0 Å². The van der Waals surface area contributed by atoms with Crippen LogP contribution in [0, 0.1) is 0 Å². The van der Waals surface area contributed by atoms with Crippen LogP contribution >= 0.6 is 0 Å². The van der Waals surface area contributed by atoms with E-state index in [0.717, 1.165) is 50.0 Å². The van der Waals surface area contributed by atoms with E-state index in [-0.39, 0.29) is 0 Å². The molecule has 8 aromatic carbocycles. The molecule has 0 aliphatic rings. The Balaban J connectivity index is 1.14. The Morgan fingerprint density at radius 3 is 1.39 bits per heavy atom. The standard InChI is InChI=1S/C50H32N4/c1-4-15-35(16-5-1)45-32-44(40-29-24-33-14-10-11-21-39(33)30-40)47-42-23-13-12-22-41(42)43(31-46(47)51-45)34-25-27-38(28-26-34)50-53-48(36-17-6-2-7-18-36)52-49(54-50)37-19-8-3-9-20-37/h1-32H. The first-order valence-corrected chi connectivity index (χ1v) is 18.1. The van der Waals surface area contributed by atoms with Crippen LogP contribution in [0.3, 0.4) is 0 Å². The summed E-state index contributed by atoms with van der Waals surface area (Å²) >= 11 is 0. The van der Waals surface area contributed by atoms with E-state index in [2.05, 4.69) is 127 Å². The Hall–Kier alpha value is -7.30. The topological polar surface area (TPSA) is 51.6 Å². The lowest BCUT2D eigenvalue weighted by atomic mass is 9.89. The van der Waals surface area contributed by atoms with Crippen molar-refractivity contribution in [1.29, 1.82) is 0 Å². The van der Waals surface area contributed by atoms with E-state index < -0.39 is 0 Å². The van der Waals surface area contributed by atoms with E-state index in [1.54, 1.807) is 0 Å². The summed E-state index contributed by atoms with van der Waals surface area (Å²) in [6.07, 6.45) is 0. The first-order valence-electron chi connectivity index (χ1n) is 18.1. The van der Waals surface area contributed by atoms with Crippen molar-refractivity contribution in [1.82, 2.24) is 19.9 Å². The van der Waals surface area contributed by atoms with E-state index in [1.807, 2.05) is 66.7 Å². The first kappa shape index (κ1) is 31.4. The Bertz CT molecular complexity index is 2900. The molecule has 0 spiro atoms. The number of pyridine rings is 1. The predicted octanol–water partition coefficient (Wildman–Crippen LogP) is 12.7. The van der Waals surface area contributed by atoms with Crippen molar-refractivity contribution in [3.63, 3.8) is 0 Å². The number of hydrogen-bond donors (Lipinski definition) is 0. The van der Waals surface area contributed by atoms with Gasteiger partial charge < -0.3 is 0 Å². The molecule has 0 N–H and O–H groups in total. The molecule has 0 amide bonds. The molecule has 0 radical (unpaired) electrons. The highest BCUT2D eigenvalue weighted by atomic mass is 15.0. The number of aromatic nitrogens is 4. The first-order chi connectivity index (χ1) is 26.7. The summed E-state index contributed by atoms with van der Waals surface area (Å²) in [6.45, 7) is 0. The monoisotopic (exact) mass is 688 g/mol. The molecule has 0 atom stereocenters. The maximum absolute atomic E-state index is 5.35. The van der Waals surface area contributed by atoms with Crippen LogP contribution in [-0.4, -0.2) is 19.9 Å². The molecular formula is C50H32N4. The molecule has 0 fully saturated rings. The molecule has 0 unspecified atom stereocenters. The minimum atomic E-state index is 0.631. The second-order valence-electron chi connectivity index (χ2n) is 13.5. The van der Waals surface area contributed by atoms with E-state index in [4.69, 9.17) is 19.9 Å². The van der Waals surface area contributed by atoms with Gasteiger partial charge in [-0.3, -0.25) is 0 Å². The summed E-state index contributed by atoms with van der Waals surface area (Å²) in [5.74, 6) is 1.92.